The van der Waals surface area contributed by atoms with Crippen LogP contribution in [0.1, 0.15) is 16.7 Å². The molecule has 0 bridgehead atoms. The van der Waals surface area contributed by atoms with Crippen LogP contribution in [0.4, 0.5) is 24.7 Å². The summed E-state index contributed by atoms with van der Waals surface area (Å²) in [7, 11) is 0. The number of thiocarbonyl (C=S) groups is 1. The molecule has 1 heterocycles. The molecule has 3 aromatic rings. The molecule has 0 amide bonds. The van der Waals surface area contributed by atoms with Gasteiger partial charge in [0, 0.05) is 11.9 Å². The van der Waals surface area contributed by atoms with E-state index in [-0.39, 0.29) is 10.8 Å². The van der Waals surface area contributed by atoms with Crippen molar-refractivity contribution in [2.45, 2.75) is 19.6 Å². The Morgan fingerprint density at radius 2 is 1.86 bits per heavy atom. The van der Waals surface area contributed by atoms with Gasteiger partial charge in [-0.05, 0) is 58.8 Å². The largest absolute Gasteiger partial charge is 0.416 e. The predicted molar refractivity (Wildman–Crippen MR) is 111 cm³/mol. The molecular weight excluding hydrogens is 453 g/mol. The van der Waals surface area contributed by atoms with Crippen LogP contribution in [0.3, 0.4) is 0 Å². The Hall–Kier alpha value is -2.39. The average Bonchev–Trinajstić information content (AvgIpc) is 2.95. The van der Waals surface area contributed by atoms with E-state index in [0.29, 0.717) is 16.8 Å². The van der Waals surface area contributed by atoms with Gasteiger partial charge in [0.1, 0.15) is 0 Å². The van der Waals surface area contributed by atoms with Gasteiger partial charge >= 0.3 is 6.18 Å². The molecule has 0 radical (unpaired) electrons. The standard InChI is InChI=1S/C19H16BrF3N4S/c1-12-5-7-13(8-6-12)10-27-11-16(20)17(26-27)25-18(28)24-15-4-2-3-14(9-15)19(21,22)23/h2-9,11H,10H2,1H3,(H2,24,25,26,28). The monoisotopic (exact) mass is 468 g/mol. The molecule has 1 aromatic heterocycles. The van der Waals surface area contributed by atoms with Crippen molar-refractivity contribution in [3.05, 3.63) is 75.9 Å². The van der Waals surface area contributed by atoms with E-state index in [4.69, 9.17) is 12.2 Å². The lowest BCUT2D eigenvalue weighted by atomic mass is 10.1. The van der Waals surface area contributed by atoms with Crippen molar-refractivity contribution < 1.29 is 13.2 Å². The highest BCUT2D eigenvalue weighted by Crippen LogP contribution is 2.30. The third kappa shape index (κ3) is 5.32. The normalized spacial score (nSPS) is 11.3. The molecule has 2 aromatic carbocycles. The van der Waals surface area contributed by atoms with Gasteiger partial charge in [0.15, 0.2) is 10.9 Å². The zero-order chi connectivity index (χ0) is 20.3. The summed E-state index contributed by atoms with van der Waals surface area (Å²) >= 11 is 8.61. The predicted octanol–water partition coefficient (Wildman–Crippen LogP) is 5.83. The molecule has 0 aliphatic heterocycles. The fraction of sp³-hybridized carbons (Fsp3) is 0.158. The quantitative estimate of drug-likeness (QED) is 0.472. The van der Waals surface area contributed by atoms with Gasteiger partial charge in [-0.2, -0.15) is 18.3 Å². The van der Waals surface area contributed by atoms with Crippen molar-refractivity contribution in [1.82, 2.24) is 9.78 Å². The highest BCUT2D eigenvalue weighted by Gasteiger charge is 2.30. The van der Waals surface area contributed by atoms with Crippen LogP contribution >= 0.6 is 28.1 Å². The molecule has 0 fully saturated rings. The van der Waals surface area contributed by atoms with Crippen molar-refractivity contribution in [1.29, 1.82) is 0 Å². The van der Waals surface area contributed by atoms with Crippen molar-refractivity contribution >= 4 is 44.8 Å². The Morgan fingerprint density at radius 3 is 2.54 bits per heavy atom. The number of benzene rings is 2. The summed E-state index contributed by atoms with van der Waals surface area (Å²) in [5, 5.41) is 10.2. The molecule has 0 atom stereocenters. The second kappa shape index (κ2) is 8.32. The maximum atomic E-state index is 12.8. The number of halogens is 4. The number of anilines is 2. The summed E-state index contributed by atoms with van der Waals surface area (Å²) in [6.45, 7) is 2.60. The van der Waals surface area contributed by atoms with Gasteiger partial charge in [-0.25, -0.2) is 0 Å². The van der Waals surface area contributed by atoms with E-state index in [9.17, 15) is 13.2 Å². The number of hydrogen-bond donors (Lipinski definition) is 2. The fourth-order valence-corrected chi connectivity index (χ4v) is 3.12. The first-order valence-electron chi connectivity index (χ1n) is 8.24. The van der Waals surface area contributed by atoms with E-state index in [1.165, 1.54) is 17.7 Å². The minimum absolute atomic E-state index is 0.139. The average molecular weight is 469 g/mol. The number of aromatic nitrogens is 2. The molecule has 28 heavy (non-hydrogen) atoms. The molecule has 0 spiro atoms. The number of nitrogens with zero attached hydrogens (tertiary/aromatic N) is 2. The minimum Gasteiger partial charge on any atom is -0.332 e. The van der Waals surface area contributed by atoms with E-state index >= 15 is 0 Å². The molecule has 146 valence electrons. The lowest BCUT2D eigenvalue weighted by Crippen LogP contribution is -2.20. The number of rotatable bonds is 4. The number of aryl methyl sites for hydroxylation is 1. The Balaban J connectivity index is 1.66. The molecule has 0 saturated heterocycles. The molecule has 0 unspecified atom stereocenters. The Kier molecular flexibility index (Phi) is 6.04. The van der Waals surface area contributed by atoms with Crippen molar-refractivity contribution in [3.63, 3.8) is 0 Å². The summed E-state index contributed by atoms with van der Waals surface area (Å²) in [5.41, 5.74) is 1.77. The molecule has 0 saturated carbocycles. The first kappa shape index (κ1) is 20.3. The number of hydrogen-bond acceptors (Lipinski definition) is 2. The van der Waals surface area contributed by atoms with Gasteiger partial charge in [0.05, 0.1) is 16.6 Å². The molecular formula is C19H16BrF3N4S. The van der Waals surface area contributed by atoms with E-state index < -0.39 is 11.7 Å². The second-order valence-electron chi connectivity index (χ2n) is 6.17. The Bertz CT molecular complexity index is 984. The van der Waals surface area contributed by atoms with E-state index in [1.54, 1.807) is 10.9 Å². The van der Waals surface area contributed by atoms with Gasteiger partial charge in [-0.3, -0.25) is 4.68 Å². The molecule has 0 aliphatic carbocycles. The molecule has 0 aliphatic rings. The third-order valence-electron chi connectivity index (χ3n) is 3.86. The SMILES string of the molecule is Cc1ccc(Cn2cc(Br)c(NC(=S)Nc3cccc(C(F)(F)F)c3)n2)cc1. The van der Waals surface area contributed by atoms with Crippen LogP contribution in [0, 0.1) is 6.92 Å². The zero-order valence-corrected chi connectivity index (χ0v) is 17.1. The van der Waals surface area contributed by atoms with Crippen LogP contribution in [0.2, 0.25) is 0 Å². The van der Waals surface area contributed by atoms with Crippen LogP contribution in [-0.4, -0.2) is 14.9 Å². The van der Waals surface area contributed by atoms with Gasteiger partial charge in [0.2, 0.25) is 0 Å². The highest BCUT2D eigenvalue weighted by atomic mass is 79.9. The summed E-state index contributed by atoms with van der Waals surface area (Å²) in [6, 6.07) is 12.9. The van der Waals surface area contributed by atoms with Crippen LogP contribution in [-0.2, 0) is 12.7 Å². The topological polar surface area (TPSA) is 41.9 Å². The van der Waals surface area contributed by atoms with Crippen LogP contribution in [0.15, 0.2) is 59.2 Å². The first-order valence-corrected chi connectivity index (χ1v) is 9.44. The van der Waals surface area contributed by atoms with Gasteiger partial charge in [-0.15, -0.1) is 0 Å². The first-order chi connectivity index (χ1) is 13.2. The summed E-state index contributed by atoms with van der Waals surface area (Å²) in [5.74, 6) is 0.469. The second-order valence-corrected chi connectivity index (χ2v) is 7.43. The van der Waals surface area contributed by atoms with Gasteiger partial charge < -0.3 is 10.6 Å². The lowest BCUT2D eigenvalue weighted by Gasteiger charge is -2.12. The summed E-state index contributed by atoms with van der Waals surface area (Å²) in [6.07, 6.45) is -2.61. The molecule has 2 N–H and O–H groups in total. The van der Waals surface area contributed by atoms with Crippen molar-refractivity contribution in [2.75, 3.05) is 10.6 Å². The van der Waals surface area contributed by atoms with E-state index in [1.807, 2.05) is 31.2 Å². The van der Waals surface area contributed by atoms with Gasteiger partial charge in [0.25, 0.3) is 0 Å². The Morgan fingerprint density at radius 1 is 1.14 bits per heavy atom. The zero-order valence-electron chi connectivity index (χ0n) is 14.7. The van der Waals surface area contributed by atoms with Crippen LogP contribution in [0.25, 0.3) is 0 Å². The smallest absolute Gasteiger partial charge is 0.332 e. The molecule has 3 rings (SSSR count). The fourth-order valence-electron chi connectivity index (χ4n) is 2.49. The van der Waals surface area contributed by atoms with E-state index in [2.05, 4.69) is 31.7 Å². The van der Waals surface area contributed by atoms with Crippen LogP contribution < -0.4 is 10.6 Å². The molecule has 9 heteroatoms. The summed E-state index contributed by atoms with van der Waals surface area (Å²) < 4.78 is 40.9. The lowest BCUT2D eigenvalue weighted by molar-refractivity contribution is -0.137. The summed E-state index contributed by atoms with van der Waals surface area (Å²) in [4.78, 5) is 0. The van der Waals surface area contributed by atoms with Crippen molar-refractivity contribution in [2.24, 2.45) is 0 Å². The van der Waals surface area contributed by atoms with Gasteiger partial charge in [-0.1, -0.05) is 35.9 Å². The number of alkyl halides is 3. The van der Waals surface area contributed by atoms with E-state index in [0.717, 1.165) is 17.7 Å². The molecule has 4 nitrogen and oxygen atoms in total. The maximum Gasteiger partial charge on any atom is 0.416 e. The Labute approximate surface area is 173 Å². The maximum absolute atomic E-state index is 12.8. The van der Waals surface area contributed by atoms with Crippen LogP contribution in [0.5, 0.6) is 0 Å². The third-order valence-corrected chi connectivity index (χ3v) is 4.65. The van der Waals surface area contributed by atoms with Crippen molar-refractivity contribution in [3.8, 4) is 0 Å². The minimum atomic E-state index is -4.41. The number of nitrogens with one attached hydrogen (secondary N) is 2. The highest BCUT2D eigenvalue weighted by molar-refractivity contribution is 9.10.